The fourth-order valence-corrected chi connectivity index (χ4v) is 2.12. The van der Waals surface area contributed by atoms with Gasteiger partial charge < -0.3 is 11.1 Å². The molecule has 0 spiro atoms. The number of amides is 1. The van der Waals surface area contributed by atoms with Crippen LogP contribution < -0.4 is 11.1 Å². The molecule has 0 bridgehead atoms. The second-order valence-electron chi connectivity index (χ2n) is 5.27. The minimum Gasteiger partial charge on any atom is -0.353 e. The van der Waals surface area contributed by atoms with Gasteiger partial charge in [0.15, 0.2) is 0 Å². The molecule has 0 aliphatic heterocycles. The molecule has 4 heteroatoms. The number of hydrogen-bond donors (Lipinski definition) is 2. The van der Waals surface area contributed by atoms with Gasteiger partial charge in [-0.05, 0) is 39.1 Å². The molecular formula is C12H20N2OS. The first-order valence-corrected chi connectivity index (χ1v) is 6.22. The van der Waals surface area contributed by atoms with Crippen LogP contribution in [0.25, 0.3) is 0 Å². The minimum atomic E-state index is -0.487. The van der Waals surface area contributed by atoms with Crippen molar-refractivity contribution in [2.45, 2.75) is 38.6 Å². The van der Waals surface area contributed by atoms with Crippen molar-refractivity contribution in [3.63, 3.8) is 0 Å². The van der Waals surface area contributed by atoms with Crippen LogP contribution in [-0.2, 0) is 10.2 Å². The van der Waals surface area contributed by atoms with Gasteiger partial charge in [0, 0.05) is 17.0 Å². The average molecular weight is 240 g/mol. The summed E-state index contributed by atoms with van der Waals surface area (Å²) in [6.07, 6.45) is 0. The number of hydrogen-bond acceptors (Lipinski definition) is 3. The maximum Gasteiger partial charge on any atom is 0.230 e. The molecule has 1 aromatic rings. The van der Waals surface area contributed by atoms with Crippen molar-refractivity contribution in [3.05, 3.63) is 22.4 Å². The molecule has 0 aromatic carbocycles. The third kappa shape index (κ3) is 3.32. The van der Waals surface area contributed by atoms with E-state index < -0.39 is 5.41 Å². The smallest absolute Gasteiger partial charge is 0.230 e. The van der Waals surface area contributed by atoms with Crippen LogP contribution in [0, 0.1) is 0 Å². The van der Waals surface area contributed by atoms with E-state index in [9.17, 15) is 4.79 Å². The maximum atomic E-state index is 12.0. The number of thiophene rings is 1. The van der Waals surface area contributed by atoms with Crippen molar-refractivity contribution in [1.29, 1.82) is 0 Å². The van der Waals surface area contributed by atoms with E-state index in [1.54, 1.807) is 11.3 Å². The zero-order valence-corrected chi connectivity index (χ0v) is 11.1. The van der Waals surface area contributed by atoms with Crippen LogP contribution in [0.1, 0.15) is 32.6 Å². The quantitative estimate of drug-likeness (QED) is 0.844. The van der Waals surface area contributed by atoms with Crippen molar-refractivity contribution in [1.82, 2.24) is 5.32 Å². The second kappa shape index (κ2) is 4.55. The molecule has 16 heavy (non-hydrogen) atoms. The second-order valence-corrected chi connectivity index (χ2v) is 6.22. The summed E-state index contributed by atoms with van der Waals surface area (Å²) < 4.78 is 0. The van der Waals surface area contributed by atoms with Gasteiger partial charge >= 0.3 is 0 Å². The van der Waals surface area contributed by atoms with Gasteiger partial charge in [0.1, 0.15) is 0 Å². The van der Waals surface area contributed by atoms with E-state index in [2.05, 4.69) is 5.32 Å². The molecule has 1 amide bonds. The predicted octanol–water partition coefficient (Wildman–Crippen LogP) is 1.88. The Balaban J connectivity index is 2.67. The first-order valence-electron chi connectivity index (χ1n) is 5.35. The highest BCUT2D eigenvalue weighted by atomic mass is 32.1. The molecule has 0 radical (unpaired) electrons. The van der Waals surface area contributed by atoms with E-state index in [1.165, 1.54) is 0 Å². The van der Waals surface area contributed by atoms with E-state index in [4.69, 9.17) is 5.73 Å². The van der Waals surface area contributed by atoms with Crippen LogP contribution in [0.5, 0.6) is 0 Å². The highest BCUT2D eigenvalue weighted by molar-refractivity contribution is 7.10. The molecule has 0 saturated carbocycles. The van der Waals surface area contributed by atoms with Gasteiger partial charge in [-0.15, -0.1) is 11.3 Å². The Bertz CT molecular complexity index is 350. The Labute approximate surface area is 101 Å². The van der Waals surface area contributed by atoms with Gasteiger partial charge in [0.05, 0.1) is 5.41 Å². The Morgan fingerprint density at radius 3 is 2.50 bits per heavy atom. The Morgan fingerprint density at radius 1 is 1.44 bits per heavy atom. The molecule has 90 valence electrons. The number of nitrogens with two attached hydrogens (primary N) is 1. The van der Waals surface area contributed by atoms with Crippen LogP contribution in [-0.4, -0.2) is 18.0 Å². The lowest BCUT2D eigenvalue weighted by Gasteiger charge is -2.25. The van der Waals surface area contributed by atoms with E-state index in [-0.39, 0.29) is 11.4 Å². The average Bonchev–Trinajstić information content (AvgIpc) is 2.65. The molecule has 0 fully saturated rings. The molecule has 0 atom stereocenters. The molecular weight excluding hydrogens is 220 g/mol. The van der Waals surface area contributed by atoms with Crippen LogP contribution in [0.2, 0.25) is 0 Å². The molecule has 0 aliphatic carbocycles. The van der Waals surface area contributed by atoms with Gasteiger partial charge in [0.25, 0.3) is 0 Å². The standard InChI is InChI=1S/C12H20N2OS/c1-11(2,13)8-14-10(15)12(3,4)9-6-5-7-16-9/h5-7H,8,13H2,1-4H3,(H,14,15). The lowest BCUT2D eigenvalue weighted by atomic mass is 9.90. The Morgan fingerprint density at radius 2 is 2.06 bits per heavy atom. The van der Waals surface area contributed by atoms with Gasteiger partial charge in [-0.3, -0.25) is 4.79 Å². The largest absolute Gasteiger partial charge is 0.353 e. The highest BCUT2D eigenvalue weighted by Gasteiger charge is 2.31. The lowest BCUT2D eigenvalue weighted by Crippen LogP contribution is -2.49. The third-order valence-corrected chi connectivity index (χ3v) is 3.60. The summed E-state index contributed by atoms with van der Waals surface area (Å²) in [6, 6.07) is 3.94. The van der Waals surface area contributed by atoms with Gasteiger partial charge in [-0.1, -0.05) is 6.07 Å². The van der Waals surface area contributed by atoms with Crippen LogP contribution in [0.15, 0.2) is 17.5 Å². The van der Waals surface area contributed by atoms with E-state index in [0.29, 0.717) is 6.54 Å². The fourth-order valence-electron chi connectivity index (χ4n) is 1.28. The summed E-state index contributed by atoms with van der Waals surface area (Å²) in [5, 5.41) is 4.88. The summed E-state index contributed by atoms with van der Waals surface area (Å²) in [4.78, 5) is 13.1. The molecule has 0 unspecified atom stereocenters. The summed E-state index contributed by atoms with van der Waals surface area (Å²) >= 11 is 1.60. The minimum absolute atomic E-state index is 0.0217. The van der Waals surface area contributed by atoms with Crippen LogP contribution in [0.3, 0.4) is 0 Å². The first kappa shape index (κ1) is 13.2. The number of carbonyl (C=O) groups is 1. The SMILES string of the molecule is CC(C)(N)CNC(=O)C(C)(C)c1cccs1. The molecule has 1 heterocycles. The number of nitrogens with one attached hydrogen (secondary N) is 1. The van der Waals surface area contributed by atoms with Crippen molar-refractivity contribution < 1.29 is 4.79 Å². The monoisotopic (exact) mass is 240 g/mol. The number of carbonyl (C=O) groups excluding carboxylic acids is 1. The van der Waals surface area contributed by atoms with E-state index >= 15 is 0 Å². The normalized spacial score (nSPS) is 12.6. The molecule has 1 rings (SSSR count). The Hall–Kier alpha value is -0.870. The van der Waals surface area contributed by atoms with Crippen molar-refractivity contribution in [3.8, 4) is 0 Å². The van der Waals surface area contributed by atoms with Crippen LogP contribution in [0.4, 0.5) is 0 Å². The summed E-state index contributed by atoms with van der Waals surface area (Å²) in [5.74, 6) is 0.0217. The molecule has 0 saturated heterocycles. The van der Waals surface area contributed by atoms with E-state index in [1.807, 2.05) is 45.2 Å². The maximum absolute atomic E-state index is 12.0. The molecule has 3 N–H and O–H groups in total. The van der Waals surface area contributed by atoms with Crippen molar-refractivity contribution in [2.75, 3.05) is 6.54 Å². The molecule has 3 nitrogen and oxygen atoms in total. The zero-order chi connectivity index (χ0) is 12.4. The van der Waals surface area contributed by atoms with Gasteiger partial charge in [-0.25, -0.2) is 0 Å². The third-order valence-electron chi connectivity index (χ3n) is 2.41. The highest BCUT2D eigenvalue weighted by Crippen LogP contribution is 2.27. The fraction of sp³-hybridized carbons (Fsp3) is 0.583. The predicted molar refractivity (Wildman–Crippen MR) is 68.6 cm³/mol. The number of rotatable bonds is 4. The summed E-state index contributed by atoms with van der Waals surface area (Å²) in [6.45, 7) is 8.13. The molecule has 1 aromatic heterocycles. The van der Waals surface area contributed by atoms with Gasteiger partial charge in [0.2, 0.25) is 5.91 Å². The van der Waals surface area contributed by atoms with Crippen LogP contribution >= 0.6 is 11.3 Å². The lowest BCUT2D eigenvalue weighted by molar-refractivity contribution is -0.125. The van der Waals surface area contributed by atoms with Crippen molar-refractivity contribution in [2.24, 2.45) is 5.73 Å². The molecule has 0 aliphatic rings. The van der Waals surface area contributed by atoms with Crippen molar-refractivity contribution >= 4 is 17.2 Å². The Kier molecular flexibility index (Phi) is 3.76. The zero-order valence-electron chi connectivity index (χ0n) is 10.3. The summed E-state index contributed by atoms with van der Waals surface area (Å²) in [7, 11) is 0. The van der Waals surface area contributed by atoms with Gasteiger partial charge in [-0.2, -0.15) is 0 Å². The first-order chi connectivity index (χ1) is 7.23. The van der Waals surface area contributed by atoms with E-state index in [0.717, 1.165) is 4.88 Å². The summed E-state index contributed by atoms with van der Waals surface area (Å²) in [5.41, 5.74) is 4.97. The topological polar surface area (TPSA) is 55.1 Å².